The van der Waals surface area contributed by atoms with Crippen molar-refractivity contribution >= 4 is 15.9 Å². The van der Waals surface area contributed by atoms with E-state index in [-0.39, 0.29) is 5.82 Å². The molecule has 0 fully saturated rings. The quantitative estimate of drug-likeness (QED) is 0.886. The minimum atomic E-state index is -0.196. The molecule has 0 aromatic heterocycles. The highest BCUT2D eigenvalue weighted by atomic mass is 79.9. The summed E-state index contributed by atoms with van der Waals surface area (Å²) in [5.74, 6) is -0.196. The molecule has 1 nitrogen and oxygen atoms in total. The first-order chi connectivity index (χ1) is 9.22. The van der Waals surface area contributed by atoms with Crippen molar-refractivity contribution in [2.24, 2.45) is 0 Å². The average Bonchev–Trinajstić information content (AvgIpc) is 2.78. The van der Waals surface area contributed by atoms with Crippen LogP contribution in [0.3, 0.4) is 0 Å². The van der Waals surface area contributed by atoms with Gasteiger partial charge in [0, 0.05) is 17.1 Å². The van der Waals surface area contributed by atoms with Crippen LogP contribution in [-0.2, 0) is 13.0 Å². The number of nitrogens with one attached hydrogen (secondary N) is 1. The van der Waals surface area contributed by atoms with E-state index >= 15 is 0 Å². The van der Waals surface area contributed by atoms with Crippen LogP contribution in [0.5, 0.6) is 0 Å². The highest BCUT2D eigenvalue weighted by Gasteiger charge is 2.20. The van der Waals surface area contributed by atoms with Crippen LogP contribution >= 0.6 is 15.9 Å². The molecule has 19 heavy (non-hydrogen) atoms. The molecule has 1 aliphatic carbocycles. The maximum atomic E-state index is 13.3. The molecule has 1 unspecified atom stereocenters. The molecule has 2 aromatic carbocycles. The zero-order valence-electron chi connectivity index (χ0n) is 10.5. The van der Waals surface area contributed by atoms with Crippen molar-refractivity contribution in [3.05, 3.63) is 69.4 Å². The summed E-state index contributed by atoms with van der Waals surface area (Å²) in [6, 6.07) is 13.9. The van der Waals surface area contributed by atoms with Gasteiger partial charge in [-0.15, -0.1) is 0 Å². The second-order valence-corrected chi connectivity index (χ2v) is 5.86. The van der Waals surface area contributed by atoms with Crippen LogP contribution < -0.4 is 5.32 Å². The molecule has 1 atom stereocenters. The molecule has 1 N–H and O–H groups in total. The molecule has 0 saturated carbocycles. The fraction of sp³-hybridized carbons (Fsp3) is 0.250. The maximum absolute atomic E-state index is 13.3. The van der Waals surface area contributed by atoms with Crippen LogP contribution in [0, 0.1) is 5.82 Å². The largest absolute Gasteiger partial charge is 0.306 e. The molecule has 0 saturated heterocycles. The minimum absolute atomic E-state index is 0.196. The highest BCUT2D eigenvalue weighted by molar-refractivity contribution is 9.10. The van der Waals surface area contributed by atoms with Gasteiger partial charge in [-0.1, -0.05) is 40.2 Å². The molecular weight excluding hydrogens is 305 g/mol. The second kappa shape index (κ2) is 5.43. The molecule has 98 valence electrons. The van der Waals surface area contributed by atoms with Gasteiger partial charge >= 0.3 is 0 Å². The van der Waals surface area contributed by atoms with Gasteiger partial charge in [-0.3, -0.25) is 0 Å². The Labute approximate surface area is 121 Å². The van der Waals surface area contributed by atoms with Gasteiger partial charge in [0.2, 0.25) is 0 Å². The standard InChI is InChI=1S/C16H15BrFN/c17-13-7-11(8-14(18)9-13)10-19-16-6-5-12-3-1-2-4-15(12)16/h1-4,7-9,16,19H,5-6,10H2. The van der Waals surface area contributed by atoms with Gasteiger partial charge in [-0.25, -0.2) is 4.39 Å². The van der Waals surface area contributed by atoms with Crippen LogP contribution in [0.15, 0.2) is 46.9 Å². The average molecular weight is 320 g/mol. The van der Waals surface area contributed by atoms with Gasteiger partial charge in [0.05, 0.1) is 0 Å². The molecule has 0 aliphatic heterocycles. The molecule has 0 radical (unpaired) electrons. The van der Waals surface area contributed by atoms with Crippen molar-refractivity contribution in [2.75, 3.05) is 0 Å². The molecule has 3 heteroatoms. The number of halogens is 2. The number of rotatable bonds is 3. The summed E-state index contributed by atoms with van der Waals surface area (Å²) < 4.78 is 14.1. The van der Waals surface area contributed by atoms with Gasteiger partial charge in [-0.05, 0) is 47.7 Å². The lowest BCUT2D eigenvalue weighted by atomic mass is 10.1. The SMILES string of the molecule is Fc1cc(Br)cc(CNC2CCc3ccccc32)c1. The van der Waals surface area contributed by atoms with Crippen molar-refractivity contribution in [1.82, 2.24) is 5.32 Å². The van der Waals surface area contributed by atoms with Crippen LogP contribution in [0.25, 0.3) is 0 Å². The molecule has 0 amide bonds. The molecule has 0 spiro atoms. The fourth-order valence-corrected chi connectivity index (χ4v) is 3.24. The maximum Gasteiger partial charge on any atom is 0.124 e. The Bertz CT molecular complexity index is 577. The number of hydrogen-bond donors (Lipinski definition) is 1. The summed E-state index contributed by atoms with van der Waals surface area (Å²) in [6.45, 7) is 0.690. The van der Waals surface area contributed by atoms with Crippen molar-refractivity contribution in [1.29, 1.82) is 0 Å². The Morgan fingerprint density at radius 3 is 2.89 bits per heavy atom. The summed E-state index contributed by atoms with van der Waals surface area (Å²) >= 11 is 3.32. The van der Waals surface area contributed by atoms with E-state index < -0.39 is 0 Å². The summed E-state index contributed by atoms with van der Waals surface area (Å²) in [5, 5.41) is 3.52. The van der Waals surface area contributed by atoms with Gasteiger partial charge in [0.25, 0.3) is 0 Å². The first-order valence-corrected chi connectivity index (χ1v) is 7.28. The second-order valence-electron chi connectivity index (χ2n) is 4.95. The first-order valence-electron chi connectivity index (χ1n) is 6.48. The fourth-order valence-electron chi connectivity index (χ4n) is 2.72. The van der Waals surface area contributed by atoms with Gasteiger partial charge in [0.1, 0.15) is 5.82 Å². The van der Waals surface area contributed by atoms with Crippen molar-refractivity contribution in [3.63, 3.8) is 0 Å². The zero-order valence-corrected chi connectivity index (χ0v) is 12.1. The molecule has 0 heterocycles. The summed E-state index contributed by atoms with van der Waals surface area (Å²) in [7, 11) is 0. The van der Waals surface area contributed by atoms with E-state index in [9.17, 15) is 4.39 Å². The Hall–Kier alpha value is -1.19. The summed E-state index contributed by atoms with van der Waals surface area (Å²) in [4.78, 5) is 0. The smallest absolute Gasteiger partial charge is 0.124 e. The lowest BCUT2D eigenvalue weighted by Crippen LogP contribution is -2.18. The van der Waals surface area contributed by atoms with E-state index in [1.165, 1.54) is 17.2 Å². The molecule has 1 aliphatic rings. The predicted octanol–water partition coefficient (Wildman–Crippen LogP) is 4.37. The number of benzene rings is 2. The van der Waals surface area contributed by atoms with E-state index in [0.717, 1.165) is 22.9 Å². The number of aryl methyl sites for hydroxylation is 1. The molecular formula is C16H15BrFN. The monoisotopic (exact) mass is 319 g/mol. The predicted molar refractivity (Wildman–Crippen MR) is 78.4 cm³/mol. The van der Waals surface area contributed by atoms with E-state index in [0.29, 0.717) is 12.6 Å². The lowest BCUT2D eigenvalue weighted by Gasteiger charge is -2.14. The Morgan fingerprint density at radius 2 is 2.05 bits per heavy atom. The van der Waals surface area contributed by atoms with Crippen molar-refractivity contribution in [3.8, 4) is 0 Å². The third-order valence-corrected chi connectivity index (χ3v) is 4.07. The van der Waals surface area contributed by atoms with Gasteiger partial charge < -0.3 is 5.32 Å². The zero-order chi connectivity index (χ0) is 13.2. The van der Waals surface area contributed by atoms with Crippen LogP contribution in [0.4, 0.5) is 4.39 Å². The van der Waals surface area contributed by atoms with Crippen LogP contribution in [0.2, 0.25) is 0 Å². The van der Waals surface area contributed by atoms with Crippen molar-refractivity contribution < 1.29 is 4.39 Å². The molecule has 0 bridgehead atoms. The summed E-state index contributed by atoms with van der Waals surface area (Å²) in [5.41, 5.74) is 3.79. The Morgan fingerprint density at radius 1 is 1.21 bits per heavy atom. The lowest BCUT2D eigenvalue weighted by molar-refractivity contribution is 0.528. The minimum Gasteiger partial charge on any atom is -0.306 e. The normalized spacial score (nSPS) is 17.5. The Balaban J connectivity index is 1.70. The third kappa shape index (κ3) is 2.88. The van der Waals surface area contributed by atoms with Gasteiger partial charge in [-0.2, -0.15) is 0 Å². The number of fused-ring (bicyclic) bond motifs is 1. The highest BCUT2D eigenvalue weighted by Crippen LogP contribution is 2.31. The van der Waals surface area contributed by atoms with Crippen LogP contribution in [0.1, 0.15) is 29.2 Å². The molecule has 3 rings (SSSR count). The topological polar surface area (TPSA) is 12.0 Å². The van der Waals surface area contributed by atoms with E-state index in [4.69, 9.17) is 0 Å². The molecule has 2 aromatic rings. The van der Waals surface area contributed by atoms with E-state index in [1.807, 2.05) is 6.07 Å². The number of hydrogen-bond acceptors (Lipinski definition) is 1. The first kappa shape index (κ1) is 12.8. The van der Waals surface area contributed by atoms with E-state index in [1.54, 1.807) is 6.07 Å². The third-order valence-electron chi connectivity index (χ3n) is 3.61. The summed E-state index contributed by atoms with van der Waals surface area (Å²) in [6.07, 6.45) is 2.25. The van der Waals surface area contributed by atoms with Crippen molar-refractivity contribution in [2.45, 2.75) is 25.4 Å². The van der Waals surface area contributed by atoms with E-state index in [2.05, 4.69) is 45.5 Å². The van der Waals surface area contributed by atoms with Gasteiger partial charge in [0.15, 0.2) is 0 Å². The Kier molecular flexibility index (Phi) is 3.67. The van der Waals surface area contributed by atoms with Crippen LogP contribution in [-0.4, -0.2) is 0 Å².